The van der Waals surface area contributed by atoms with Gasteiger partial charge >= 0.3 is 14.2 Å². The van der Waals surface area contributed by atoms with Crippen LogP contribution in [-0.2, 0) is 0 Å². The summed E-state index contributed by atoms with van der Waals surface area (Å²) < 4.78 is 0. The second-order valence-electron chi connectivity index (χ2n) is 2.23. The molecule has 7 heteroatoms. The zero-order valence-corrected chi connectivity index (χ0v) is 6.12. The molecule has 0 atom stereocenters. The molecular formula is C5H7B2NO4. The van der Waals surface area contributed by atoms with Gasteiger partial charge in [0.15, 0.2) is 0 Å². The lowest BCUT2D eigenvalue weighted by Gasteiger charge is -2.04. The maximum atomic E-state index is 8.75. The molecule has 0 spiro atoms. The second-order valence-corrected chi connectivity index (χ2v) is 2.23. The van der Waals surface area contributed by atoms with Gasteiger partial charge in [-0.3, -0.25) is 4.98 Å². The van der Waals surface area contributed by atoms with Gasteiger partial charge in [0.25, 0.3) is 0 Å². The quantitative estimate of drug-likeness (QED) is 0.342. The Morgan fingerprint density at radius 1 is 1.08 bits per heavy atom. The number of hydrogen-bond acceptors (Lipinski definition) is 5. The Hall–Kier alpha value is -0.880. The largest absolute Gasteiger partial charge is 0.507 e. The summed E-state index contributed by atoms with van der Waals surface area (Å²) in [4.78, 5) is 3.58. The third kappa shape index (κ3) is 1.83. The molecule has 12 heavy (non-hydrogen) atoms. The van der Waals surface area contributed by atoms with E-state index in [9.17, 15) is 0 Å². The first-order valence-electron chi connectivity index (χ1n) is 3.30. The van der Waals surface area contributed by atoms with E-state index in [0.29, 0.717) is 0 Å². The minimum absolute atomic E-state index is 0.00694. The smallest absolute Gasteiger partial charge is 0.423 e. The summed E-state index contributed by atoms with van der Waals surface area (Å²) in [5.74, 6) is 0. The van der Waals surface area contributed by atoms with Gasteiger partial charge < -0.3 is 20.1 Å². The molecule has 0 saturated carbocycles. The van der Waals surface area contributed by atoms with Crippen LogP contribution in [0.1, 0.15) is 0 Å². The third-order valence-corrected chi connectivity index (χ3v) is 1.39. The van der Waals surface area contributed by atoms with E-state index in [2.05, 4.69) is 4.98 Å². The summed E-state index contributed by atoms with van der Waals surface area (Å²) in [6, 6.07) is 2.83. The zero-order chi connectivity index (χ0) is 9.14. The molecule has 1 heterocycles. The Kier molecular flexibility index (Phi) is 2.83. The highest BCUT2D eigenvalue weighted by atomic mass is 16.4. The van der Waals surface area contributed by atoms with Crippen molar-refractivity contribution in [1.82, 2.24) is 4.98 Å². The molecule has 4 N–H and O–H groups in total. The Bertz CT molecular complexity index is 240. The van der Waals surface area contributed by atoms with Crippen LogP contribution in [0.4, 0.5) is 0 Å². The average Bonchev–Trinajstić information content (AvgIpc) is 2.04. The van der Waals surface area contributed by atoms with Gasteiger partial charge in [0.05, 0.1) is 5.59 Å². The first-order valence-corrected chi connectivity index (χ1v) is 3.30. The fourth-order valence-corrected chi connectivity index (χ4v) is 0.864. The molecule has 1 aromatic heterocycles. The Labute approximate surface area is 69.6 Å². The van der Waals surface area contributed by atoms with E-state index < -0.39 is 14.2 Å². The lowest BCUT2D eigenvalue weighted by molar-refractivity contribution is 0.418. The molecule has 62 valence electrons. The topological polar surface area (TPSA) is 93.8 Å². The molecule has 0 fully saturated rings. The Morgan fingerprint density at radius 2 is 1.75 bits per heavy atom. The molecule has 0 aliphatic heterocycles. The molecule has 1 aromatic rings. The standard InChI is InChI=1S/C5H7B2NO4/c9-6(10)4-2-1-3-8-5(4)7(11)12/h1-3,9-12H. The molecular weight excluding hydrogens is 160 g/mol. The molecule has 0 saturated heterocycles. The van der Waals surface area contributed by atoms with Crippen LogP contribution < -0.4 is 11.1 Å². The number of pyridine rings is 1. The normalized spacial score (nSPS) is 9.67. The molecule has 0 bridgehead atoms. The van der Waals surface area contributed by atoms with Crippen LogP contribution in [0.3, 0.4) is 0 Å². The summed E-state index contributed by atoms with van der Waals surface area (Å²) in [5.41, 5.74) is -0.153. The lowest BCUT2D eigenvalue weighted by Crippen LogP contribution is -2.51. The van der Waals surface area contributed by atoms with E-state index in [1.165, 1.54) is 18.3 Å². The van der Waals surface area contributed by atoms with Gasteiger partial charge in [0, 0.05) is 11.7 Å². The molecule has 1 rings (SSSR count). The average molecular weight is 167 g/mol. The Balaban J connectivity index is 3.09. The minimum Gasteiger partial charge on any atom is -0.423 e. The Morgan fingerprint density at radius 3 is 2.17 bits per heavy atom. The maximum absolute atomic E-state index is 8.75. The summed E-state index contributed by atoms with van der Waals surface area (Å²) >= 11 is 0. The number of rotatable bonds is 2. The fourth-order valence-electron chi connectivity index (χ4n) is 0.864. The highest BCUT2D eigenvalue weighted by molar-refractivity contribution is 6.70. The van der Waals surface area contributed by atoms with Gasteiger partial charge in [-0.1, -0.05) is 6.07 Å². The third-order valence-electron chi connectivity index (χ3n) is 1.39. The molecule has 5 nitrogen and oxygen atoms in total. The van der Waals surface area contributed by atoms with Crippen LogP contribution in [0.5, 0.6) is 0 Å². The van der Waals surface area contributed by atoms with Crippen LogP contribution in [0.2, 0.25) is 0 Å². The van der Waals surface area contributed by atoms with Crippen molar-refractivity contribution < 1.29 is 20.1 Å². The maximum Gasteiger partial charge on any atom is 0.507 e. The first kappa shape index (κ1) is 9.21. The summed E-state index contributed by atoms with van der Waals surface area (Å²) in [6.45, 7) is 0. The van der Waals surface area contributed by atoms with Crippen LogP contribution in [0.15, 0.2) is 18.3 Å². The summed E-state index contributed by atoms with van der Waals surface area (Å²) in [7, 11) is -3.53. The predicted molar refractivity (Wildman–Crippen MR) is 43.9 cm³/mol. The van der Waals surface area contributed by atoms with E-state index in [-0.39, 0.29) is 11.1 Å². The van der Waals surface area contributed by atoms with Crippen molar-refractivity contribution >= 4 is 25.3 Å². The van der Waals surface area contributed by atoms with Crippen LogP contribution >= 0.6 is 0 Å². The van der Waals surface area contributed by atoms with Crippen molar-refractivity contribution in [2.75, 3.05) is 0 Å². The minimum atomic E-state index is -1.79. The van der Waals surface area contributed by atoms with Gasteiger partial charge in [-0.15, -0.1) is 0 Å². The fraction of sp³-hybridized carbons (Fsp3) is 0. The summed E-state index contributed by atoms with van der Waals surface area (Å²) in [6.07, 6.45) is 1.33. The number of nitrogens with zero attached hydrogens (tertiary/aromatic N) is 1. The van der Waals surface area contributed by atoms with Crippen molar-refractivity contribution in [2.24, 2.45) is 0 Å². The van der Waals surface area contributed by atoms with Gasteiger partial charge in [-0.25, -0.2) is 0 Å². The van der Waals surface area contributed by atoms with Crippen LogP contribution in [-0.4, -0.2) is 39.3 Å². The highest BCUT2D eigenvalue weighted by Gasteiger charge is 2.23. The second kappa shape index (κ2) is 3.68. The van der Waals surface area contributed by atoms with Crippen molar-refractivity contribution in [3.63, 3.8) is 0 Å². The highest BCUT2D eigenvalue weighted by Crippen LogP contribution is 1.79. The molecule has 0 aliphatic carbocycles. The number of aromatic nitrogens is 1. The van der Waals surface area contributed by atoms with Crippen molar-refractivity contribution in [1.29, 1.82) is 0 Å². The molecule has 0 aliphatic rings. The van der Waals surface area contributed by atoms with Gasteiger partial charge in [0.1, 0.15) is 0 Å². The number of hydrogen-bond donors (Lipinski definition) is 4. The van der Waals surface area contributed by atoms with Crippen LogP contribution in [0.25, 0.3) is 0 Å². The van der Waals surface area contributed by atoms with E-state index >= 15 is 0 Å². The van der Waals surface area contributed by atoms with E-state index in [1.54, 1.807) is 0 Å². The van der Waals surface area contributed by atoms with Gasteiger partial charge in [-0.2, -0.15) is 0 Å². The van der Waals surface area contributed by atoms with Crippen molar-refractivity contribution in [2.45, 2.75) is 0 Å². The molecule has 0 aromatic carbocycles. The lowest BCUT2D eigenvalue weighted by atomic mass is 9.69. The summed E-state index contributed by atoms with van der Waals surface area (Å²) in [5, 5.41) is 34.9. The van der Waals surface area contributed by atoms with E-state index in [0.717, 1.165) is 0 Å². The van der Waals surface area contributed by atoms with Gasteiger partial charge in [-0.05, 0) is 6.07 Å². The van der Waals surface area contributed by atoms with E-state index in [4.69, 9.17) is 20.1 Å². The monoisotopic (exact) mass is 167 g/mol. The van der Waals surface area contributed by atoms with Crippen molar-refractivity contribution in [3.8, 4) is 0 Å². The van der Waals surface area contributed by atoms with Gasteiger partial charge in [0.2, 0.25) is 0 Å². The molecule has 0 amide bonds. The van der Waals surface area contributed by atoms with Crippen LogP contribution in [0, 0.1) is 0 Å². The first-order chi connectivity index (χ1) is 5.63. The van der Waals surface area contributed by atoms with E-state index in [1.807, 2.05) is 0 Å². The molecule has 0 unspecified atom stereocenters. The van der Waals surface area contributed by atoms with Crippen molar-refractivity contribution in [3.05, 3.63) is 18.3 Å². The molecule has 0 radical (unpaired) electrons. The zero-order valence-electron chi connectivity index (χ0n) is 6.12. The SMILES string of the molecule is OB(O)c1cccnc1B(O)O. The predicted octanol–water partition coefficient (Wildman–Crippen LogP) is -3.56.